The van der Waals surface area contributed by atoms with E-state index < -0.39 is 6.10 Å². The SMILES string of the molecule is CC(C)Oc1cccc(C(O)C(C)c2ccccc2)c1. The fourth-order valence-corrected chi connectivity index (χ4v) is 2.27. The summed E-state index contributed by atoms with van der Waals surface area (Å²) in [6.45, 7) is 6.03. The summed E-state index contributed by atoms with van der Waals surface area (Å²) >= 11 is 0. The summed E-state index contributed by atoms with van der Waals surface area (Å²) < 4.78 is 5.68. The van der Waals surface area contributed by atoms with E-state index in [1.807, 2.05) is 75.4 Å². The summed E-state index contributed by atoms with van der Waals surface area (Å²) in [5.74, 6) is 0.849. The Morgan fingerprint density at radius 3 is 2.15 bits per heavy atom. The van der Waals surface area contributed by atoms with E-state index in [0.717, 1.165) is 16.9 Å². The summed E-state index contributed by atoms with van der Waals surface area (Å²) in [7, 11) is 0. The van der Waals surface area contributed by atoms with Gasteiger partial charge in [-0.25, -0.2) is 0 Å². The highest BCUT2D eigenvalue weighted by atomic mass is 16.5. The minimum atomic E-state index is -0.534. The molecule has 2 aromatic carbocycles. The zero-order chi connectivity index (χ0) is 14.5. The highest BCUT2D eigenvalue weighted by Crippen LogP contribution is 2.31. The Morgan fingerprint density at radius 1 is 0.850 bits per heavy atom. The lowest BCUT2D eigenvalue weighted by atomic mass is 9.91. The molecule has 1 N–H and O–H groups in total. The Kier molecular flexibility index (Phi) is 4.80. The van der Waals surface area contributed by atoms with E-state index in [2.05, 4.69) is 0 Å². The molecule has 2 unspecified atom stereocenters. The van der Waals surface area contributed by atoms with Crippen LogP contribution in [0.1, 0.15) is 43.9 Å². The number of ether oxygens (including phenoxy) is 1. The van der Waals surface area contributed by atoms with Gasteiger partial charge in [-0.15, -0.1) is 0 Å². The van der Waals surface area contributed by atoms with E-state index >= 15 is 0 Å². The van der Waals surface area contributed by atoms with Gasteiger partial charge in [-0.2, -0.15) is 0 Å². The van der Waals surface area contributed by atoms with Crippen molar-refractivity contribution in [2.24, 2.45) is 0 Å². The zero-order valence-electron chi connectivity index (χ0n) is 12.3. The van der Waals surface area contributed by atoms with Gasteiger partial charge in [0.25, 0.3) is 0 Å². The normalized spacial score (nSPS) is 14.1. The topological polar surface area (TPSA) is 29.5 Å². The largest absolute Gasteiger partial charge is 0.491 e. The van der Waals surface area contributed by atoms with Gasteiger partial charge in [0.05, 0.1) is 12.2 Å². The third-order valence-corrected chi connectivity index (χ3v) is 3.37. The maximum Gasteiger partial charge on any atom is 0.120 e. The first-order valence-electron chi connectivity index (χ1n) is 7.07. The van der Waals surface area contributed by atoms with Crippen LogP contribution in [0.5, 0.6) is 5.75 Å². The molecule has 0 bridgehead atoms. The van der Waals surface area contributed by atoms with Crippen LogP contribution in [0.15, 0.2) is 54.6 Å². The van der Waals surface area contributed by atoms with Gasteiger partial charge in [0, 0.05) is 5.92 Å². The fraction of sp³-hybridized carbons (Fsp3) is 0.333. The van der Waals surface area contributed by atoms with Crippen molar-refractivity contribution in [1.29, 1.82) is 0 Å². The van der Waals surface area contributed by atoms with Crippen LogP contribution in [0.3, 0.4) is 0 Å². The molecule has 2 rings (SSSR count). The van der Waals surface area contributed by atoms with Crippen molar-refractivity contribution in [2.45, 2.75) is 38.9 Å². The minimum absolute atomic E-state index is 0.0468. The number of hydrogen-bond acceptors (Lipinski definition) is 2. The van der Waals surface area contributed by atoms with Crippen LogP contribution in [0.25, 0.3) is 0 Å². The number of rotatable bonds is 5. The Morgan fingerprint density at radius 2 is 1.50 bits per heavy atom. The molecule has 0 heterocycles. The van der Waals surface area contributed by atoms with Crippen LogP contribution in [0.2, 0.25) is 0 Å². The molecule has 20 heavy (non-hydrogen) atoms. The molecule has 0 aliphatic rings. The van der Waals surface area contributed by atoms with Crippen molar-refractivity contribution in [3.63, 3.8) is 0 Å². The maximum absolute atomic E-state index is 10.5. The second kappa shape index (κ2) is 6.58. The average Bonchev–Trinajstić information content (AvgIpc) is 2.46. The van der Waals surface area contributed by atoms with Crippen molar-refractivity contribution < 1.29 is 9.84 Å². The van der Waals surface area contributed by atoms with Gasteiger partial charge in [0.15, 0.2) is 0 Å². The lowest BCUT2D eigenvalue weighted by molar-refractivity contribution is 0.150. The number of aliphatic hydroxyl groups is 1. The van der Waals surface area contributed by atoms with Crippen molar-refractivity contribution in [3.05, 3.63) is 65.7 Å². The van der Waals surface area contributed by atoms with E-state index in [-0.39, 0.29) is 12.0 Å². The molecular weight excluding hydrogens is 248 g/mol. The predicted molar refractivity (Wildman–Crippen MR) is 82.0 cm³/mol. The molecule has 0 spiro atoms. The molecule has 0 aliphatic carbocycles. The van der Waals surface area contributed by atoms with E-state index in [9.17, 15) is 5.11 Å². The Bertz CT molecular complexity index is 534. The van der Waals surface area contributed by atoms with Gasteiger partial charge in [-0.3, -0.25) is 0 Å². The summed E-state index contributed by atoms with van der Waals surface area (Å²) in [6, 6.07) is 17.8. The quantitative estimate of drug-likeness (QED) is 0.877. The molecule has 0 saturated carbocycles. The van der Waals surface area contributed by atoms with Gasteiger partial charge >= 0.3 is 0 Å². The average molecular weight is 270 g/mol. The van der Waals surface area contributed by atoms with Crippen molar-refractivity contribution in [3.8, 4) is 5.75 Å². The second-order valence-corrected chi connectivity index (χ2v) is 5.38. The van der Waals surface area contributed by atoms with Gasteiger partial charge in [-0.1, -0.05) is 49.4 Å². The van der Waals surface area contributed by atoms with E-state index in [1.54, 1.807) is 0 Å². The van der Waals surface area contributed by atoms with Gasteiger partial charge < -0.3 is 9.84 Å². The number of aliphatic hydroxyl groups excluding tert-OH is 1. The highest BCUT2D eigenvalue weighted by Gasteiger charge is 2.18. The molecule has 2 heteroatoms. The molecule has 0 aliphatic heterocycles. The molecule has 106 valence electrons. The van der Waals surface area contributed by atoms with Crippen LogP contribution < -0.4 is 4.74 Å². The van der Waals surface area contributed by atoms with E-state index in [1.165, 1.54) is 0 Å². The Labute approximate surface area is 121 Å². The number of hydrogen-bond donors (Lipinski definition) is 1. The zero-order valence-corrected chi connectivity index (χ0v) is 12.3. The standard InChI is InChI=1S/C18H22O2/c1-13(2)20-17-11-7-10-16(12-17)18(19)14(3)15-8-5-4-6-9-15/h4-14,18-19H,1-3H3. The predicted octanol–water partition coefficient (Wildman–Crippen LogP) is 4.31. The molecular formula is C18H22O2. The molecule has 0 saturated heterocycles. The molecule has 2 nitrogen and oxygen atoms in total. The summed E-state index contributed by atoms with van der Waals surface area (Å²) in [5, 5.41) is 10.5. The summed E-state index contributed by atoms with van der Waals surface area (Å²) in [6.07, 6.45) is -0.401. The fourth-order valence-electron chi connectivity index (χ4n) is 2.27. The molecule has 2 atom stereocenters. The molecule has 0 radical (unpaired) electrons. The summed E-state index contributed by atoms with van der Waals surface area (Å²) in [4.78, 5) is 0. The summed E-state index contributed by atoms with van der Waals surface area (Å²) in [5.41, 5.74) is 2.02. The van der Waals surface area contributed by atoms with E-state index in [4.69, 9.17) is 4.74 Å². The third-order valence-electron chi connectivity index (χ3n) is 3.37. The van der Waals surface area contributed by atoms with Gasteiger partial charge in [0.2, 0.25) is 0 Å². The van der Waals surface area contributed by atoms with Crippen LogP contribution >= 0.6 is 0 Å². The third kappa shape index (κ3) is 3.61. The van der Waals surface area contributed by atoms with Gasteiger partial charge in [0.1, 0.15) is 5.75 Å². The number of benzene rings is 2. The first kappa shape index (κ1) is 14.6. The second-order valence-electron chi connectivity index (χ2n) is 5.38. The Hall–Kier alpha value is -1.80. The minimum Gasteiger partial charge on any atom is -0.491 e. The van der Waals surface area contributed by atoms with Crippen molar-refractivity contribution in [2.75, 3.05) is 0 Å². The van der Waals surface area contributed by atoms with Crippen LogP contribution in [0, 0.1) is 0 Å². The maximum atomic E-state index is 10.5. The van der Waals surface area contributed by atoms with Crippen molar-refractivity contribution in [1.82, 2.24) is 0 Å². The van der Waals surface area contributed by atoms with Crippen molar-refractivity contribution >= 4 is 0 Å². The molecule has 2 aromatic rings. The van der Waals surface area contributed by atoms with Crippen LogP contribution in [0.4, 0.5) is 0 Å². The first-order chi connectivity index (χ1) is 9.58. The van der Waals surface area contributed by atoms with Crippen LogP contribution in [-0.4, -0.2) is 11.2 Å². The first-order valence-corrected chi connectivity index (χ1v) is 7.07. The lowest BCUT2D eigenvalue weighted by Gasteiger charge is -2.20. The van der Waals surface area contributed by atoms with E-state index in [0.29, 0.717) is 0 Å². The lowest BCUT2D eigenvalue weighted by Crippen LogP contribution is -2.09. The molecule has 0 amide bonds. The van der Waals surface area contributed by atoms with Crippen LogP contribution in [-0.2, 0) is 0 Å². The van der Waals surface area contributed by atoms with Gasteiger partial charge in [-0.05, 0) is 37.1 Å². The smallest absolute Gasteiger partial charge is 0.120 e. The Balaban J connectivity index is 2.18. The molecule has 0 fully saturated rings. The highest BCUT2D eigenvalue weighted by molar-refractivity contribution is 5.32. The molecule has 0 aromatic heterocycles. The monoisotopic (exact) mass is 270 g/mol.